The number of piperidine rings is 1. The number of benzene rings is 1. The fraction of sp³-hybridized carbons (Fsp3) is 0.480. The van der Waals surface area contributed by atoms with Crippen LogP contribution in [0.2, 0.25) is 0 Å². The molecule has 1 saturated heterocycles. The lowest BCUT2D eigenvalue weighted by Gasteiger charge is -2.46. The Morgan fingerprint density at radius 2 is 1.63 bits per heavy atom. The number of likely N-dealkylation sites (tertiary alicyclic amines) is 1. The van der Waals surface area contributed by atoms with Gasteiger partial charge in [-0.1, -0.05) is 55.2 Å². The van der Waals surface area contributed by atoms with Gasteiger partial charge in [-0.15, -0.1) is 0 Å². The number of carbonyl (C=O) groups excluding carboxylic acids is 2. The zero-order chi connectivity index (χ0) is 21.2. The summed E-state index contributed by atoms with van der Waals surface area (Å²) in [7, 11) is 0. The molecule has 1 aliphatic carbocycles. The van der Waals surface area contributed by atoms with Crippen LogP contribution < -0.4 is 5.73 Å². The number of hydrogen-bond donors (Lipinski definition) is 1. The Kier molecular flexibility index (Phi) is 5.63. The predicted octanol–water partition coefficient (Wildman–Crippen LogP) is 3.64. The van der Waals surface area contributed by atoms with Crippen molar-refractivity contribution >= 4 is 11.8 Å². The number of nitrogens with zero attached hydrogens (tertiary/aromatic N) is 2. The van der Waals surface area contributed by atoms with Crippen LogP contribution in [0, 0.1) is 6.92 Å². The lowest BCUT2D eigenvalue weighted by molar-refractivity contribution is -0.143. The first kappa shape index (κ1) is 20.6. The molecule has 1 aromatic carbocycles. The van der Waals surface area contributed by atoms with Crippen molar-refractivity contribution in [2.75, 3.05) is 13.1 Å². The lowest BCUT2D eigenvalue weighted by Crippen LogP contribution is -2.59. The number of hydrogen-bond acceptors (Lipinski definition) is 3. The van der Waals surface area contributed by atoms with Crippen molar-refractivity contribution in [2.24, 2.45) is 5.73 Å². The summed E-state index contributed by atoms with van der Waals surface area (Å²) in [5.41, 5.74) is 7.46. The van der Waals surface area contributed by atoms with Gasteiger partial charge in [0.15, 0.2) is 0 Å². The largest absolute Gasteiger partial charge is 0.369 e. The van der Waals surface area contributed by atoms with Crippen LogP contribution in [0.25, 0.3) is 0 Å². The van der Waals surface area contributed by atoms with Gasteiger partial charge in [0, 0.05) is 19.3 Å². The molecule has 2 aliphatic rings. The van der Waals surface area contributed by atoms with Gasteiger partial charge in [-0.05, 0) is 50.3 Å². The lowest BCUT2D eigenvalue weighted by atomic mass is 9.67. The van der Waals surface area contributed by atoms with E-state index < -0.39 is 16.7 Å². The number of aromatic nitrogens is 1. The number of carbonyl (C=O) groups is 2. The molecule has 1 aliphatic heterocycles. The van der Waals surface area contributed by atoms with Crippen molar-refractivity contribution in [3.63, 3.8) is 0 Å². The molecule has 4 rings (SSSR count). The fourth-order valence-corrected chi connectivity index (χ4v) is 5.37. The first-order valence-electron chi connectivity index (χ1n) is 11.1. The molecular formula is C25H31N3O2. The molecule has 30 heavy (non-hydrogen) atoms. The molecule has 2 fully saturated rings. The Labute approximate surface area is 178 Å². The smallest absolute Gasteiger partial charge is 0.233 e. The molecular weight excluding hydrogens is 374 g/mol. The molecule has 0 radical (unpaired) electrons. The summed E-state index contributed by atoms with van der Waals surface area (Å²) in [5.74, 6) is -0.251. The first-order valence-corrected chi connectivity index (χ1v) is 11.1. The highest BCUT2D eigenvalue weighted by Crippen LogP contribution is 2.43. The Morgan fingerprint density at radius 1 is 0.933 bits per heavy atom. The van der Waals surface area contributed by atoms with E-state index in [2.05, 4.69) is 36.2 Å². The Hall–Kier alpha value is -2.69. The minimum absolute atomic E-state index is 0.146. The highest BCUT2D eigenvalue weighted by atomic mass is 16.2. The summed E-state index contributed by atoms with van der Waals surface area (Å²) in [6.45, 7) is 3.04. The molecule has 1 aromatic heterocycles. The molecule has 2 heterocycles. The van der Waals surface area contributed by atoms with Crippen molar-refractivity contribution in [1.29, 1.82) is 0 Å². The standard InChI is InChI=1S/C25H31N3O2/c1-19-9-11-20(12-10-19)24(13-4-2-5-14-24)23(30)28-17-7-15-25(18-28,22(26)29)21-8-3-6-16-27-21/h3,6,8-12,16H,2,4-5,7,13-15,17-18H2,1H3,(H2,26,29). The topological polar surface area (TPSA) is 76.3 Å². The molecule has 2 N–H and O–H groups in total. The molecule has 1 saturated carbocycles. The second kappa shape index (κ2) is 8.21. The van der Waals surface area contributed by atoms with Gasteiger partial charge in [0.25, 0.3) is 0 Å². The average Bonchev–Trinajstić information content (AvgIpc) is 2.80. The summed E-state index contributed by atoms with van der Waals surface area (Å²) in [4.78, 5) is 33.1. The van der Waals surface area contributed by atoms with E-state index in [1.807, 2.05) is 23.1 Å². The Morgan fingerprint density at radius 3 is 2.27 bits per heavy atom. The van der Waals surface area contributed by atoms with Gasteiger partial charge in [-0.25, -0.2) is 0 Å². The zero-order valence-electron chi connectivity index (χ0n) is 17.8. The summed E-state index contributed by atoms with van der Waals surface area (Å²) in [5, 5.41) is 0. The quantitative estimate of drug-likeness (QED) is 0.844. The van der Waals surface area contributed by atoms with Gasteiger partial charge < -0.3 is 10.6 Å². The van der Waals surface area contributed by atoms with Crippen molar-refractivity contribution in [3.05, 3.63) is 65.5 Å². The summed E-state index contributed by atoms with van der Waals surface area (Å²) >= 11 is 0. The van der Waals surface area contributed by atoms with E-state index in [0.29, 0.717) is 25.2 Å². The van der Waals surface area contributed by atoms with Gasteiger partial charge in [-0.2, -0.15) is 0 Å². The second-order valence-corrected chi connectivity index (χ2v) is 9.00. The van der Waals surface area contributed by atoms with E-state index in [4.69, 9.17) is 5.73 Å². The molecule has 1 unspecified atom stereocenters. The van der Waals surface area contributed by atoms with Crippen LogP contribution in [0.1, 0.15) is 61.8 Å². The summed E-state index contributed by atoms with van der Waals surface area (Å²) < 4.78 is 0. The van der Waals surface area contributed by atoms with Gasteiger partial charge in [-0.3, -0.25) is 14.6 Å². The normalized spacial score (nSPS) is 23.7. The predicted molar refractivity (Wildman–Crippen MR) is 117 cm³/mol. The number of amides is 2. The molecule has 2 aromatic rings. The van der Waals surface area contributed by atoms with Gasteiger partial charge in [0.05, 0.1) is 11.1 Å². The van der Waals surface area contributed by atoms with E-state index >= 15 is 0 Å². The molecule has 5 heteroatoms. The number of aryl methyl sites for hydroxylation is 1. The van der Waals surface area contributed by atoms with E-state index in [1.165, 1.54) is 12.0 Å². The maximum absolute atomic E-state index is 14.1. The number of rotatable bonds is 4. The monoisotopic (exact) mass is 405 g/mol. The molecule has 1 atom stereocenters. The highest BCUT2D eigenvalue weighted by Gasteiger charge is 2.49. The number of nitrogens with two attached hydrogens (primary N) is 1. The van der Waals surface area contributed by atoms with Crippen LogP contribution in [0.15, 0.2) is 48.7 Å². The molecule has 5 nitrogen and oxygen atoms in total. The maximum atomic E-state index is 14.1. The number of primary amides is 1. The Balaban J connectivity index is 1.70. The molecule has 158 valence electrons. The van der Waals surface area contributed by atoms with E-state index in [9.17, 15) is 9.59 Å². The minimum Gasteiger partial charge on any atom is -0.369 e. The van der Waals surface area contributed by atoms with Crippen molar-refractivity contribution in [1.82, 2.24) is 9.88 Å². The fourth-order valence-electron chi connectivity index (χ4n) is 5.37. The molecule has 0 bridgehead atoms. The van der Waals surface area contributed by atoms with Gasteiger partial charge >= 0.3 is 0 Å². The summed E-state index contributed by atoms with van der Waals surface area (Å²) in [6.07, 6.45) is 8.05. The van der Waals surface area contributed by atoms with Crippen molar-refractivity contribution in [2.45, 2.75) is 62.7 Å². The van der Waals surface area contributed by atoms with E-state index in [-0.39, 0.29) is 5.91 Å². The zero-order valence-corrected chi connectivity index (χ0v) is 17.8. The van der Waals surface area contributed by atoms with Crippen LogP contribution in [-0.4, -0.2) is 34.8 Å². The van der Waals surface area contributed by atoms with Crippen LogP contribution in [0.4, 0.5) is 0 Å². The van der Waals surface area contributed by atoms with Gasteiger partial charge in [0.1, 0.15) is 5.41 Å². The third-order valence-electron chi connectivity index (χ3n) is 7.13. The highest BCUT2D eigenvalue weighted by molar-refractivity contribution is 5.91. The molecule has 0 spiro atoms. The van der Waals surface area contributed by atoms with Crippen LogP contribution in [0.5, 0.6) is 0 Å². The molecule has 2 amide bonds. The third kappa shape index (κ3) is 3.51. The van der Waals surface area contributed by atoms with E-state index in [1.54, 1.807) is 6.20 Å². The van der Waals surface area contributed by atoms with Crippen LogP contribution in [0.3, 0.4) is 0 Å². The van der Waals surface area contributed by atoms with Crippen LogP contribution >= 0.6 is 0 Å². The Bertz CT molecular complexity index is 904. The number of pyridine rings is 1. The second-order valence-electron chi connectivity index (χ2n) is 9.00. The first-order chi connectivity index (χ1) is 14.5. The average molecular weight is 406 g/mol. The SMILES string of the molecule is Cc1ccc(C2(C(=O)N3CCCC(C(N)=O)(c4ccccn4)C3)CCCCC2)cc1. The summed E-state index contributed by atoms with van der Waals surface area (Å²) in [6, 6.07) is 14.0. The van der Waals surface area contributed by atoms with E-state index in [0.717, 1.165) is 37.7 Å². The third-order valence-corrected chi connectivity index (χ3v) is 7.13. The minimum atomic E-state index is -0.918. The maximum Gasteiger partial charge on any atom is 0.233 e. The van der Waals surface area contributed by atoms with Crippen molar-refractivity contribution < 1.29 is 9.59 Å². The van der Waals surface area contributed by atoms with Crippen molar-refractivity contribution in [3.8, 4) is 0 Å². The van der Waals surface area contributed by atoms with Gasteiger partial charge in [0.2, 0.25) is 11.8 Å². The van der Waals surface area contributed by atoms with Crippen LogP contribution in [-0.2, 0) is 20.4 Å².